The number of carbonyl (C=O) groups excluding carboxylic acids is 2. The first kappa shape index (κ1) is 16.6. The maximum atomic E-state index is 14.0. The van der Waals surface area contributed by atoms with Crippen LogP contribution in [0, 0.1) is 5.82 Å². The number of hydrogen-bond acceptors (Lipinski definition) is 2. The molecule has 6 heteroatoms. The van der Waals surface area contributed by atoms with Gasteiger partial charge in [-0.2, -0.15) is 0 Å². The van der Waals surface area contributed by atoms with Crippen molar-refractivity contribution in [2.24, 2.45) is 0 Å². The van der Waals surface area contributed by atoms with E-state index in [1.807, 2.05) is 0 Å². The smallest absolute Gasteiger partial charge is 0.254 e. The monoisotopic (exact) mass is 390 g/mol. The van der Waals surface area contributed by atoms with Crippen LogP contribution in [0.5, 0.6) is 0 Å². The first-order valence-corrected chi connectivity index (χ1v) is 8.41. The lowest BCUT2D eigenvalue weighted by molar-refractivity contribution is -0.124. The molecule has 1 aliphatic heterocycles. The number of nitrogens with zero attached hydrogens (tertiary/aromatic N) is 2. The molecule has 0 aromatic heterocycles. The molecule has 0 radical (unpaired) electrons. The van der Waals surface area contributed by atoms with E-state index in [0.717, 1.165) is 4.47 Å². The van der Waals surface area contributed by atoms with Crippen molar-refractivity contribution >= 4 is 33.4 Å². The van der Waals surface area contributed by atoms with Gasteiger partial charge in [0.2, 0.25) is 5.91 Å². The second-order valence-corrected chi connectivity index (χ2v) is 6.54. The molecule has 0 N–H and O–H groups in total. The topological polar surface area (TPSA) is 40.6 Å². The van der Waals surface area contributed by atoms with Crippen molar-refractivity contribution in [3.05, 3.63) is 64.4 Å². The number of para-hydroxylation sites is 1. The van der Waals surface area contributed by atoms with E-state index in [9.17, 15) is 14.0 Å². The van der Waals surface area contributed by atoms with Crippen LogP contribution in [0.1, 0.15) is 17.3 Å². The van der Waals surface area contributed by atoms with E-state index in [-0.39, 0.29) is 24.0 Å². The number of benzene rings is 2. The van der Waals surface area contributed by atoms with Crippen LogP contribution in [0.15, 0.2) is 53.0 Å². The molecule has 1 saturated heterocycles. The average molecular weight is 391 g/mol. The molecular formula is C18H16BrFN2O2. The standard InChI is InChI=1S/C18H16BrFN2O2/c1-12-17(23)22(16-5-3-2-4-15(16)20)11-10-21(12)18(24)13-6-8-14(19)9-7-13/h2-9,12H,10-11H2,1H3. The molecule has 124 valence electrons. The van der Waals surface area contributed by atoms with Crippen molar-refractivity contribution in [2.75, 3.05) is 18.0 Å². The van der Waals surface area contributed by atoms with Crippen LogP contribution in [0.4, 0.5) is 10.1 Å². The number of piperazine rings is 1. The third kappa shape index (κ3) is 3.06. The Kier molecular flexibility index (Phi) is 4.66. The summed E-state index contributed by atoms with van der Waals surface area (Å²) >= 11 is 3.33. The number of carbonyl (C=O) groups is 2. The Hall–Kier alpha value is -2.21. The molecule has 3 rings (SSSR count). The number of anilines is 1. The summed E-state index contributed by atoms with van der Waals surface area (Å²) < 4.78 is 14.8. The molecule has 1 aliphatic rings. The minimum atomic E-state index is -0.644. The zero-order chi connectivity index (χ0) is 17.3. The molecule has 1 fully saturated rings. The van der Waals surface area contributed by atoms with Crippen LogP contribution in [-0.2, 0) is 4.79 Å². The highest BCUT2D eigenvalue weighted by molar-refractivity contribution is 9.10. The SMILES string of the molecule is CC1C(=O)N(c2ccccc2F)CCN1C(=O)c1ccc(Br)cc1. The summed E-state index contributed by atoms with van der Waals surface area (Å²) in [7, 11) is 0. The van der Waals surface area contributed by atoms with E-state index >= 15 is 0 Å². The van der Waals surface area contributed by atoms with Crippen LogP contribution in [0.3, 0.4) is 0 Å². The maximum Gasteiger partial charge on any atom is 0.254 e. The molecule has 1 heterocycles. The molecule has 2 amide bonds. The molecule has 0 aliphatic carbocycles. The van der Waals surface area contributed by atoms with Gasteiger partial charge in [0.1, 0.15) is 11.9 Å². The van der Waals surface area contributed by atoms with Crippen LogP contribution < -0.4 is 4.90 Å². The summed E-state index contributed by atoms with van der Waals surface area (Å²) in [6, 6.07) is 12.5. The second-order valence-electron chi connectivity index (χ2n) is 5.62. The van der Waals surface area contributed by atoms with Gasteiger partial charge in [0, 0.05) is 23.1 Å². The van der Waals surface area contributed by atoms with Crippen LogP contribution >= 0.6 is 15.9 Å². The summed E-state index contributed by atoms with van der Waals surface area (Å²) in [4.78, 5) is 28.2. The lowest BCUT2D eigenvalue weighted by Crippen LogP contribution is -2.58. The summed E-state index contributed by atoms with van der Waals surface area (Å²) in [5.41, 5.74) is 0.780. The minimum Gasteiger partial charge on any atom is -0.325 e. The fourth-order valence-corrected chi connectivity index (χ4v) is 3.08. The fourth-order valence-electron chi connectivity index (χ4n) is 2.82. The van der Waals surface area contributed by atoms with Crippen molar-refractivity contribution in [3.8, 4) is 0 Å². The average Bonchev–Trinajstić information content (AvgIpc) is 2.58. The molecule has 0 saturated carbocycles. The number of hydrogen-bond donors (Lipinski definition) is 0. The van der Waals surface area contributed by atoms with Crippen molar-refractivity contribution in [1.82, 2.24) is 4.90 Å². The molecular weight excluding hydrogens is 375 g/mol. The largest absolute Gasteiger partial charge is 0.325 e. The Balaban J connectivity index is 1.81. The molecule has 1 atom stereocenters. The molecule has 2 aromatic rings. The van der Waals surface area contributed by atoms with E-state index in [1.165, 1.54) is 15.9 Å². The predicted octanol–water partition coefficient (Wildman–Crippen LogP) is 3.47. The molecule has 2 aromatic carbocycles. The second kappa shape index (κ2) is 6.73. The maximum absolute atomic E-state index is 14.0. The van der Waals surface area contributed by atoms with Gasteiger partial charge in [-0.1, -0.05) is 28.1 Å². The minimum absolute atomic E-state index is 0.198. The number of halogens is 2. The lowest BCUT2D eigenvalue weighted by atomic mass is 10.1. The molecule has 24 heavy (non-hydrogen) atoms. The molecule has 0 spiro atoms. The zero-order valence-electron chi connectivity index (χ0n) is 13.1. The van der Waals surface area contributed by atoms with Crippen molar-refractivity contribution in [1.29, 1.82) is 0 Å². The van der Waals surface area contributed by atoms with Gasteiger partial charge < -0.3 is 9.80 Å². The van der Waals surface area contributed by atoms with Gasteiger partial charge in [-0.05, 0) is 43.3 Å². The van der Waals surface area contributed by atoms with E-state index < -0.39 is 11.9 Å². The van der Waals surface area contributed by atoms with Gasteiger partial charge in [-0.15, -0.1) is 0 Å². The van der Waals surface area contributed by atoms with E-state index in [2.05, 4.69) is 15.9 Å². The van der Waals surface area contributed by atoms with Gasteiger partial charge in [0.05, 0.1) is 5.69 Å². The van der Waals surface area contributed by atoms with Gasteiger partial charge in [0.15, 0.2) is 0 Å². The summed E-state index contributed by atoms with van der Waals surface area (Å²) in [5.74, 6) is -0.918. The quantitative estimate of drug-likeness (QED) is 0.787. The molecule has 0 bridgehead atoms. The van der Waals surface area contributed by atoms with Crippen molar-refractivity contribution in [2.45, 2.75) is 13.0 Å². The Bertz CT molecular complexity index is 779. The predicted molar refractivity (Wildman–Crippen MR) is 93.4 cm³/mol. The Morgan fingerprint density at radius 2 is 1.79 bits per heavy atom. The highest BCUT2D eigenvalue weighted by Gasteiger charge is 2.36. The lowest BCUT2D eigenvalue weighted by Gasteiger charge is -2.39. The van der Waals surface area contributed by atoms with Crippen LogP contribution in [0.2, 0.25) is 0 Å². The van der Waals surface area contributed by atoms with Crippen molar-refractivity contribution in [3.63, 3.8) is 0 Å². The van der Waals surface area contributed by atoms with Crippen LogP contribution in [-0.4, -0.2) is 35.8 Å². The Labute approximate surface area is 148 Å². The molecule has 4 nitrogen and oxygen atoms in total. The highest BCUT2D eigenvalue weighted by atomic mass is 79.9. The third-order valence-corrected chi connectivity index (χ3v) is 4.68. The van der Waals surface area contributed by atoms with Crippen molar-refractivity contribution < 1.29 is 14.0 Å². The first-order valence-electron chi connectivity index (χ1n) is 7.61. The van der Waals surface area contributed by atoms with E-state index in [1.54, 1.807) is 49.4 Å². The first-order chi connectivity index (χ1) is 11.5. The van der Waals surface area contributed by atoms with E-state index in [4.69, 9.17) is 0 Å². The zero-order valence-corrected chi connectivity index (χ0v) is 14.7. The van der Waals surface area contributed by atoms with E-state index in [0.29, 0.717) is 12.1 Å². The fraction of sp³-hybridized carbons (Fsp3) is 0.222. The van der Waals surface area contributed by atoms with Gasteiger partial charge >= 0.3 is 0 Å². The van der Waals surface area contributed by atoms with Crippen LogP contribution in [0.25, 0.3) is 0 Å². The summed E-state index contributed by atoms with van der Waals surface area (Å²) in [6.07, 6.45) is 0. The summed E-state index contributed by atoms with van der Waals surface area (Å²) in [6.45, 7) is 2.30. The number of amides is 2. The third-order valence-electron chi connectivity index (χ3n) is 4.15. The van der Waals surface area contributed by atoms with Gasteiger partial charge in [0.25, 0.3) is 5.91 Å². The normalized spacial score (nSPS) is 18.0. The molecule has 1 unspecified atom stereocenters. The Morgan fingerprint density at radius 1 is 1.12 bits per heavy atom. The van der Waals surface area contributed by atoms with Gasteiger partial charge in [-0.3, -0.25) is 9.59 Å². The van der Waals surface area contributed by atoms with Gasteiger partial charge in [-0.25, -0.2) is 4.39 Å². The number of rotatable bonds is 2. The Morgan fingerprint density at radius 3 is 2.46 bits per heavy atom. The highest BCUT2D eigenvalue weighted by Crippen LogP contribution is 2.24. The summed E-state index contributed by atoms with van der Waals surface area (Å²) in [5, 5.41) is 0.